The molecule has 1 aromatic carbocycles. The summed E-state index contributed by atoms with van der Waals surface area (Å²) in [5, 5.41) is 11.3. The Morgan fingerprint density at radius 2 is 2.31 bits per heavy atom. The van der Waals surface area contributed by atoms with Crippen molar-refractivity contribution in [3.63, 3.8) is 0 Å². The molecular formula is C8H5BrClFN2. The van der Waals surface area contributed by atoms with Crippen molar-refractivity contribution >= 4 is 33.2 Å². The minimum Gasteiger partial charge on any atom is -0.370 e. The van der Waals surface area contributed by atoms with Crippen molar-refractivity contribution < 1.29 is 4.39 Å². The normalized spacial score (nSPS) is 9.38. The molecule has 13 heavy (non-hydrogen) atoms. The van der Waals surface area contributed by atoms with Gasteiger partial charge in [0.1, 0.15) is 12.4 Å². The summed E-state index contributed by atoms with van der Waals surface area (Å²) in [5.74, 6) is -0.417. The molecule has 0 atom stereocenters. The minimum atomic E-state index is -0.417. The second-order valence-corrected chi connectivity index (χ2v) is 3.52. The average Bonchev–Trinajstić information content (AvgIpc) is 2.02. The standard InChI is InChI=1S/C8H5BrClFN2/c9-6-3-5(11)4-7(10)8(6)13-2-1-12/h3-4,13H,2H2. The van der Waals surface area contributed by atoms with E-state index in [1.165, 1.54) is 12.1 Å². The molecule has 0 spiro atoms. The van der Waals surface area contributed by atoms with Crippen LogP contribution in [0.2, 0.25) is 5.02 Å². The second-order valence-electron chi connectivity index (χ2n) is 2.26. The Kier molecular flexibility index (Phi) is 3.52. The van der Waals surface area contributed by atoms with E-state index in [4.69, 9.17) is 16.9 Å². The molecule has 1 rings (SSSR count). The van der Waals surface area contributed by atoms with Crippen molar-refractivity contribution in [2.24, 2.45) is 0 Å². The van der Waals surface area contributed by atoms with Crippen molar-refractivity contribution in [3.8, 4) is 6.07 Å². The average molecular weight is 263 g/mol. The van der Waals surface area contributed by atoms with Crippen LogP contribution in [0.1, 0.15) is 0 Å². The molecule has 0 radical (unpaired) electrons. The quantitative estimate of drug-likeness (QED) is 0.832. The van der Waals surface area contributed by atoms with Crippen LogP contribution in [0.5, 0.6) is 0 Å². The van der Waals surface area contributed by atoms with Crippen LogP contribution in [-0.4, -0.2) is 6.54 Å². The first kappa shape index (κ1) is 10.3. The molecule has 5 heteroatoms. The number of anilines is 1. The van der Waals surface area contributed by atoms with Crippen molar-refractivity contribution in [1.82, 2.24) is 0 Å². The van der Waals surface area contributed by atoms with Gasteiger partial charge >= 0.3 is 0 Å². The van der Waals surface area contributed by atoms with Gasteiger partial charge in [-0.05, 0) is 28.1 Å². The molecular weight excluding hydrogens is 258 g/mol. The number of hydrogen-bond acceptors (Lipinski definition) is 2. The Morgan fingerprint density at radius 1 is 1.62 bits per heavy atom. The number of nitrogens with one attached hydrogen (secondary N) is 1. The van der Waals surface area contributed by atoms with E-state index < -0.39 is 5.82 Å². The van der Waals surface area contributed by atoms with Crippen molar-refractivity contribution in [1.29, 1.82) is 5.26 Å². The molecule has 68 valence electrons. The summed E-state index contributed by atoms with van der Waals surface area (Å²) < 4.78 is 13.2. The molecule has 0 amide bonds. The first-order chi connectivity index (χ1) is 6.15. The van der Waals surface area contributed by atoms with Gasteiger partial charge in [0.05, 0.1) is 16.8 Å². The van der Waals surface area contributed by atoms with E-state index in [1.807, 2.05) is 6.07 Å². The van der Waals surface area contributed by atoms with E-state index >= 15 is 0 Å². The molecule has 0 saturated heterocycles. The van der Waals surface area contributed by atoms with Crippen molar-refractivity contribution in [3.05, 3.63) is 27.4 Å². The van der Waals surface area contributed by atoms with E-state index in [-0.39, 0.29) is 11.6 Å². The van der Waals surface area contributed by atoms with Gasteiger partial charge in [-0.3, -0.25) is 0 Å². The molecule has 0 saturated carbocycles. The van der Waals surface area contributed by atoms with Crippen molar-refractivity contribution in [2.75, 3.05) is 11.9 Å². The number of rotatable bonds is 2. The molecule has 1 N–H and O–H groups in total. The topological polar surface area (TPSA) is 35.8 Å². The highest BCUT2D eigenvalue weighted by Crippen LogP contribution is 2.31. The highest BCUT2D eigenvalue weighted by atomic mass is 79.9. The number of nitrogens with zero attached hydrogens (tertiary/aromatic N) is 1. The van der Waals surface area contributed by atoms with Crippen LogP contribution in [0.25, 0.3) is 0 Å². The van der Waals surface area contributed by atoms with E-state index in [0.29, 0.717) is 10.2 Å². The highest BCUT2D eigenvalue weighted by Gasteiger charge is 2.06. The predicted molar refractivity (Wildman–Crippen MR) is 53.2 cm³/mol. The summed E-state index contributed by atoms with van der Waals surface area (Å²) in [6, 6.07) is 4.37. The molecule has 0 fully saturated rings. The Morgan fingerprint density at radius 3 is 2.85 bits per heavy atom. The summed E-state index contributed by atoms with van der Waals surface area (Å²) in [6.45, 7) is 0.129. The summed E-state index contributed by atoms with van der Waals surface area (Å²) in [7, 11) is 0. The fraction of sp³-hybridized carbons (Fsp3) is 0.125. The summed E-state index contributed by atoms with van der Waals surface area (Å²) in [5.41, 5.74) is 0.532. The monoisotopic (exact) mass is 262 g/mol. The van der Waals surface area contributed by atoms with Crippen molar-refractivity contribution in [2.45, 2.75) is 0 Å². The lowest BCUT2D eigenvalue weighted by Crippen LogP contribution is -2.00. The summed E-state index contributed by atoms with van der Waals surface area (Å²) in [4.78, 5) is 0. The van der Waals surface area contributed by atoms with Crippen LogP contribution in [0.15, 0.2) is 16.6 Å². The van der Waals surface area contributed by atoms with E-state index in [2.05, 4.69) is 21.2 Å². The first-order valence-corrected chi connectivity index (χ1v) is 4.57. The molecule has 0 aliphatic heterocycles. The van der Waals surface area contributed by atoms with Crippen LogP contribution in [0.3, 0.4) is 0 Å². The van der Waals surface area contributed by atoms with Gasteiger partial charge in [0.15, 0.2) is 0 Å². The fourth-order valence-corrected chi connectivity index (χ4v) is 1.80. The third kappa shape index (κ3) is 2.58. The number of halogens is 3. The van der Waals surface area contributed by atoms with Gasteiger partial charge in [-0.1, -0.05) is 11.6 Å². The highest BCUT2D eigenvalue weighted by molar-refractivity contribution is 9.10. The molecule has 1 aromatic rings. The summed E-state index contributed by atoms with van der Waals surface area (Å²) >= 11 is 8.86. The van der Waals surface area contributed by atoms with Gasteiger partial charge < -0.3 is 5.32 Å². The van der Waals surface area contributed by atoms with Crippen LogP contribution < -0.4 is 5.32 Å². The van der Waals surface area contributed by atoms with Gasteiger partial charge in [-0.25, -0.2) is 4.39 Å². The fourth-order valence-electron chi connectivity index (χ4n) is 0.839. The van der Waals surface area contributed by atoms with Gasteiger partial charge in [0.25, 0.3) is 0 Å². The lowest BCUT2D eigenvalue weighted by atomic mass is 10.3. The maximum Gasteiger partial charge on any atom is 0.125 e. The van der Waals surface area contributed by atoms with E-state index in [0.717, 1.165) is 0 Å². The minimum absolute atomic E-state index is 0.129. The molecule has 0 aliphatic rings. The smallest absolute Gasteiger partial charge is 0.125 e. The molecule has 0 heterocycles. The number of nitriles is 1. The molecule has 0 bridgehead atoms. The predicted octanol–water partition coefficient (Wildman–Crippen LogP) is 3.18. The molecule has 0 aromatic heterocycles. The lowest BCUT2D eigenvalue weighted by Gasteiger charge is -2.07. The molecule has 0 aliphatic carbocycles. The molecule has 0 unspecified atom stereocenters. The Hall–Kier alpha value is -0.790. The SMILES string of the molecule is N#CCNc1c(Cl)cc(F)cc1Br. The van der Waals surface area contributed by atoms with Crippen LogP contribution in [-0.2, 0) is 0 Å². The first-order valence-electron chi connectivity index (χ1n) is 3.40. The number of hydrogen-bond donors (Lipinski definition) is 1. The van der Waals surface area contributed by atoms with E-state index in [1.54, 1.807) is 0 Å². The van der Waals surface area contributed by atoms with Gasteiger partial charge in [0.2, 0.25) is 0 Å². The zero-order chi connectivity index (χ0) is 9.84. The van der Waals surface area contributed by atoms with Crippen LogP contribution in [0.4, 0.5) is 10.1 Å². The third-order valence-electron chi connectivity index (χ3n) is 1.35. The zero-order valence-corrected chi connectivity index (χ0v) is 8.78. The molecule has 2 nitrogen and oxygen atoms in total. The number of benzene rings is 1. The van der Waals surface area contributed by atoms with Gasteiger partial charge in [-0.15, -0.1) is 0 Å². The second kappa shape index (κ2) is 4.45. The maximum absolute atomic E-state index is 12.7. The van der Waals surface area contributed by atoms with E-state index in [9.17, 15) is 4.39 Å². The largest absolute Gasteiger partial charge is 0.370 e. The third-order valence-corrected chi connectivity index (χ3v) is 2.27. The Bertz CT molecular complexity index is 339. The summed E-state index contributed by atoms with van der Waals surface area (Å²) in [6.07, 6.45) is 0. The Labute approximate surface area is 88.4 Å². The maximum atomic E-state index is 12.7. The lowest BCUT2D eigenvalue weighted by molar-refractivity contribution is 0.627. The van der Waals surface area contributed by atoms with Crippen LogP contribution in [0, 0.1) is 17.1 Å². The van der Waals surface area contributed by atoms with Crippen LogP contribution >= 0.6 is 27.5 Å². The zero-order valence-electron chi connectivity index (χ0n) is 6.44. The van der Waals surface area contributed by atoms with Gasteiger partial charge in [0, 0.05) is 4.47 Å². The Balaban J connectivity index is 3.00. The van der Waals surface area contributed by atoms with Gasteiger partial charge in [-0.2, -0.15) is 5.26 Å².